The molecule has 3 fully saturated rings. The molecule has 0 unspecified atom stereocenters. The second-order valence-electron chi connectivity index (χ2n) is 9.53. The second-order valence-corrected chi connectivity index (χ2v) is 9.53. The lowest BCUT2D eigenvalue weighted by Gasteiger charge is -2.58. The van der Waals surface area contributed by atoms with Gasteiger partial charge < -0.3 is 5.11 Å². The Hall–Kier alpha value is -0.560. The second kappa shape index (κ2) is 4.50. The van der Waals surface area contributed by atoms with Crippen LogP contribution in [0.4, 0.5) is 0 Å². The van der Waals surface area contributed by atoms with E-state index in [0.717, 1.165) is 30.6 Å². The van der Waals surface area contributed by atoms with E-state index in [-0.39, 0.29) is 0 Å². The molecule has 0 aromatic carbocycles. The van der Waals surface area contributed by atoms with Gasteiger partial charge in [-0.2, -0.15) is 0 Å². The Morgan fingerprint density at radius 1 is 1.05 bits per heavy atom. The Morgan fingerprint density at radius 3 is 2.55 bits per heavy atom. The van der Waals surface area contributed by atoms with E-state index in [1.807, 2.05) is 6.92 Å². The predicted octanol–water partition coefficient (Wildman–Crippen LogP) is 5.26. The van der Waals surface area contributed by atoms with E-state index in [0.29, 0.717) is 10.8 Å². The third-order valence-corrected chi connectivity index (χ3v) is 8.33. The van der Waals surface area contributed by atoms with Crippen LogP contribution in [0.5, 0.6) is 0 Å². The Kier molecular flexibility index (Phi) is 3.07. The maximum atomic E-state index is 10.5. The van der Waals surface area contributed by atoms with Gasteiger partial charge >= 0.3 is 0 Å². The Bertz CT molecular complexity index is 542. The lowest BCUT2D eigenvalue weighted by atomic mass is 9.47. The number of fused-ring (bicyclic) bond motifs is 5. The highest BCUT2D eigenvalue weighted by Gasteiger charge is 2.57. The third kappa shape index (κ3) is 1.87. The van der Waals surface area contributed by atoms with Gasteiger partial charge in [0.1, 0.15) is 0 Å². The molecule has 4 aliphatic carbocycles. The summed E-state index contributed by atoms with van der Waals surface area (Å²) in [6.07, 6.45) is 12.2. The summed E-state index contributed by atoms with van der Waals surface area (Å²) < 4.78 is 0. The van der Waals surface area contributed by atoms with Gasteiger partial charge in [-0.15, -0.1) is 0 Å². The molecule has 0 amide bonds. The van der Waals surface area contributed by atoms with Crippen LogP contribution in [-0.4, -0.2) is 10.7 Å². The Balaban J connectivity index is 1.69. The van der Waals surface area contributed by atoms with E-state index in [4.69, 9.17) is 0 Å². The molecule has 0 bridgehead atoms. The number of hydrogen-bond donors (Lipinski definition) is 1. The first-order valence-electron chi connectivity index (χ1n) is 9.36. The molecule has 3 saturated carbocycles. The van der Waals surface area contributed by atoms with Gasteiger partial charge in [0, 0.05) is 0 Å². The van der Waals surface area contributed by atoms with Gasteiger partial charge in [0.25, 0.3) is 0 Å². The minimum atomic E-state index is -0.469. The highest BCUT2D eigenvalue weighted by atomic mass is 16.3. The fourth-order valence-electron chi connectivity index (χ4n) is 6.71. The van der Waals surface area contributed by atoms with Gasteiger partial charge in [0.15, 0.2) is 0 Å². The number of hydrogen-bond acceptors (Lipinski definition) is 1. The van der Waals surface area contributed by atoms with Crippen LogP contribution < -0.4 is 0 Å². The van der Waals surface area contributed by atoms with Gasteiger partial charge in [-0.1, -0.05) is 37.6 Å². The number of aliphatic hydroxyl groups is 1. The molecule has 0 spiro atoms. The normalized spacial score (nSPS) is 54.3. The molecule has 22 heavy (non-hydrogen) atoms. The van der Waals surface area contributed by atoms with Crippen LogP contribution in [0.15, 0.2) is 23.8 Å². The molecule has 0 aromatic rings. The largest absolute Gasteiger partial charge is 0.390 e. The molecule has 122 valence electrons. The molecule has 1 nitrogen and oxygen atoms in total. The molecular weight excluding hydrogens is 268 g/mol. The SMILES string of the molecule is C=C1CC[C@H]2[C@@H]3CC=C4C[C@@](C)(O)CC[C@]4(C)[C@H]3CC[C@]12C. The average molecular weight is 300 g/mol. The van der Waals surface area contributed by atoms with Crippen molar-refractivity contribution in [3.63, 3.8) is 0 Å². The van der Waals surface area contributed by atoms with Crippen LogP contribution in [0.3, 0.4) is 0 Å². The van der Waals surface area contributed by atoms with Crippen molar-refractivity contribution >= 4 is 0 Å². The molecule has 4 rings (SSSR count). The smallest absolute Gasteiger partial charge is 0.0657 e. The highest BCUT2D eigenvalue weighted by Crippen LogP contribution is 2.66. The molecule has 0 aromatic heterocycles. The zero-order chi connectivity index (χ0) is 15.8. The molecule has 1 heteroatoms. The van der Waals surface area contributed by atoms with E-state index >= 15 is 0 Å². The zero-order valence-corrected chi connectivity index (χ0v) is 14.6. The summed E-state index contributed by atoms with van der Waals surface area (Å²) in [4.78, 5) is 0. The summed E-state index contributed by atoms with van der Waals surface area (Å²) in [6.45, 7) is 11.5. The van der Waals surface area contributed by atoms with Crippen LogP contribution >= 0.6 is 0 Å². The summed E-state index contributed by atoms with van der Waals surface area (Å²) in [5, 5.41) is 10.5. The van der Waals surface area contributed by atoms with Crippen molar-refractivity contribution in [2.75, 3.05) is 0 Å². The topological polar surface area (TPSA) is 20.2 Å². The Morgan fingerprint density at radius 2 is 1.77 bits per heavy atom. The molecule has 0 saturated heterocycles. The molecular formula is C21H32O. The minimum absolute atomic E-state index is 0.358. The first-order chi connectivity index (χ1) is 10.3. The van der Waals surface area contributed by atoms with Gasteiger partial charge in [-0.05, 0) is 86.9 Å². The first kappa shape index (κ1) is 15.0. The van der Waals surface area contributed by atoms with Crippen LogP contribution in [0, 0.1) is 28.6 Å². The minimum Gasteiger partial charge on any atom is -0.390 e. The fraction of sp³-hybridized carbons (Fsp3) is 0.810. The summed E-state index contributed by atoms with van der Waals surface area (Å²) in [6, 6.07) is 0. The quantitative estimate of drug-likeness (QED) is 0.605. The van der Waals surface area contributed by atoms with Crippen molar-refractivity contribution < 1.29 is 5.11 Å². The summed E-state index contributed by atoms with van der Waals surface area (Å²) >= 11 is 0. The Labute approximate surface area is 135 Å². The number of rotatable bonds is 0. The summed E-state index contributed by atoms with van der Waals surface area (Å²) in [5.41, 5.74) is 3.41. The molecule has 0 aliphatic heterocycles. The predicted molar refractivity (Wildman–Crippen MR) is 91.5 cm³/mol. The molecule has 0 heterocycles. The summed E-state index contributed by atoms with van der Waals surface area (Å²) in [5.74, 6) is 2.55. The average Bonchev–Trinajstić information content (AvgIpc) is 2.76. The van der Waals surface area contributed by atoms with Gasteiger partial charge in [-0.3, -0.25) is 0 Å². The van der Waals surface area contributed by atoms with E-state index in [1.165, 1.54) is 44.1 Å². The van der Waals surface area contributed by atoms with Crippen LogP contribution in [-0.2, 0) is 0 Å². The van der Waals surface area contributed by atoms with E-state index in [1.54, 1.807) is 5.57 Å². The van der Waals surface area contributed by atoms with Crippen molar-refractivity contribution in [2.24, 2.45) is 28.6 Å². The maximum Gasteiger partial charge on any atom is 0.0657 e. The highest BCUT2D eigenvalue weighted by molar-refractivity contribution is 5.29. The van der Waals surface area contributed by atoms with Crippen LogP contribution in [0.2, 0.25) is 0 Å². The lowest BCUT2D eigenvalue weighted by molar-refractivity contribution is -0.0503. The van der Waals surface area contributed by atoms with Crippen molar-refractivity contribution in [1.82, 2.24) is 0 Å². The molecule has 1 N–H and O–H groups in total. The van der Waals surface area contributed by atoms with Gasteiger partial charge in [0.05, 0.1) is 5.60 Å². The molecule has 4 aliphatic rings. The molecule has 6 atom stereocenters. The van der Waals surface area contributed by atoms with Crippen molar-refractivity contribution in [3.8, 4) is 0 Å². The van der Waals surface area contributed by atoms with Crippen molar-refractivity contribution in [3.05, 3.63) is 23.8 Å². The third-order valence-electron chi connectivity index (χ3n) is 8.33. The van der Waals surface area contributed by atoms with Gasteiger partial charge in [0.2, 0.25) is 0 Å². The fourth-order valence-corrected chi connectivity index (χ4v) is 6.71. The standard InChI is InChI=1S/C21H32O/c1-14-5-8-17-16-7-6-15-13-19(2,22)11-12-21(15,4)18(16)9-10-20(14,17)3/h6,16-18,22H,1,5,7-13H2,2-4H3/t16-,17-,18-,19-,20+,21-/m0/s1. The van der Waals surface area contributed by atoms with E-state index < -0.39 is 5.60 Å². The van der Waals surface area contributed by atoms with Crippen LogP contribution in [0.1, 0.15) is 72.1 Å². The monoisotopic (exact) mass is 300 g/mol. The lowest BCUT2D eigenvalue weighted by Crippen LogP contribution is -2.51. The van der Waals surface area contributed by atoms with E-state index in [2.05, 4.69) is 26.5 Å². The maximum absolute atomic E-state index is 10.5. The van der Waals surface area contributed by atoms with Gasteiger partial charge in [-0.25, -0.2) is 0 Å². The van der Waals surface area contributed by atoms with Crippen LogP contribution in [0.25, 0.3) is 0 Å². The summed E-state index contributed by atoms with van der Waals surface area (Å²) in [7, 11) is 0. The van der Waals surface area contributed by atoms with Crippen molar-refractivity contribution in [1.29, 1.82) is 0 Å². The van der Waals surface area contributed by atoms with E-state index in [9.17, 15) is 5.11 Å². The van der Waals surface area contributed by atoms with Crippen molar-refractivity contribution in [2.45, 2.75) is 77.7 Å². The first-order valence-corrected chi connectivity index (χ1v) is 9.36. The molecule has 0 radical (unpaired) electrons. The zero-order valence-electron chi connectivity index (χ0n) is 14.6. The number of allylic oxidation sites excluding steroid dienone is 2.